The summed E-state index contributed by atoms with van der Waals surface area (Å²) in [5, 5.41) is 7.43. The molecule has 1 unspecified atom stereocenters. The number of hydrogen-bond donors (Lipinski definition) is 1. The lowest BCUT2D eigenvalue weighted by Gasteiger charge is -2.10. The van der Waals surface area contributed by atoms with Crippen molar-refractivity contribution in [2.45, 2.75) is 19.4 Å². The molecule has 2 aromatic carbocycles. The standard InChI is InChI=1S/C17H15ClN2O2/c1-11-7-8-13(9-14(11)18)19-17(21)16-10-15(20-22-16)12-5-3-2-4-6-12/h2-9,16H,10H2,1H3,(H,19,21). The maximum absolute atomic E-state index is 12.2. The van der Waals surface area contributed by atoms with E-state index in [-0.39, 0.29) is 5.91 Å². The summed E-state index contributed by atoms with van der Waals surface area (Å²) < 4.78 is 0. The Bertz CT molecular complexity index is 729. The van der Waals surface area contributed by atoms with Crippen molar-refractivity contribution >= 4 is 28.9 Å². The van der Waals surface area contributed by atoms with Crippen molar-refractivity contribution in [3.63, 3.8) is 0 Å². The van der Waals surface area contributed by atoms with Crippen LogP contribution >= 0.6 is 11.6 Å². The number of amides is 1. The van der Waals surface area contributed by atoms with Crippen LogP contribution < -0.4 is 5.32 Å². The summed E-state index contributed by atoms with van der Waals surface area (Å²) >= 11 is 6.05. The van der Waals surface area contributed by atoms with Crippen molar-refractivity contribution in [1.82, 2.24) is 0 Å². The molecule has 5 heteroatoms. The van der Waals surface area contributed by atoms with E-state index in [1.807, 2.05) is 49.4 Å². The third-order valence-corrected chi connectivity index (χ3v) is 3.91. The second kappa shape index (κ2) is 6.20. The fourth-order valence-electron chi connectivity index (χ4n) is 2.21. The van der Waals surface area contributed by atoms with Gasteiger partial charge in [0.2, 0.25) is 6.10 Å². The van der Waals surface area contributed by atoms with E-state index in [1.54, 1.807) is 6.07 Å². The minimum atomic E-state index is -0.615. The third-order valence-electron chi connectivity index (χ3n) is 3.51. The van der Waals surface area contributed by atoms with Crippen LogP contribution in [0.2, 0.25) is 5.02 Å². The van der Waals surface area contributed by atoms with Gasteiger partial charge in [-0.15, -0.1) is 0 Å². The molecule has 1 amide bonds. The molecule has 0 bridgehead atoms. The largest absolute Gasteiger partial charge is 0.382 e. The molecule has 22 heavy (non-hydrogen) atoms. The molecule has 1 N–H and O–H groups in total. The predicted octanol–water partition coefficient (Wildman–Crippen LogP) is 3.78. The highest BCUT2D eigenvalue weighted by molar-refractivity contribution is 6.31. The Morgan fingerprint density at radius 2 is 2.05 bits per heavy atom. The van der Waals surface area contributed by atoms with Gasteiger partial charge in [0.1, 0.15) is 0 Å². The molecule has 3 rings (SSSR count). The van der Waals surface area contributed by atoms with Gasteiger partial charge in [0.25, 0.3) is 5.91 Å². The number of carbonyl (C=O) groups excluding carboxylic acids is 1. The van der Waals surface area contributed by atoms with Crippen molar-refractivity contribution in [3.05, 3.63) is 64.7 Å². The average Bonchev–Trinajstić information content (AvgIpc) is 3.02. The number of nitrogens with one attached hydrogen (secondary N) is 1. The van der Waals surface area contributed by atoms with E-state index in [4.69, 9.17) is 16.4 Å². The van der Waals surface area contributed by atoms with Gasteiger partial charge in [-0.2, -0.15) is 0 Å². The molecule has 0 saturated carbocycles. The van der Waals surface area contributed by atoms with Gasteiger partial charge in [-0.25, -0.2) is 0 Å². The number of benzene rings is 2. The van der Waals surface area contributed by atoms with Gasteiger partial charge in [-0.1, -0.05) is 53.2 Å². The minimum absolute atomic E-state index is 0.227. The monoisotopic (exact) mass is 314 g/mol. The van der Waals surface area contributed by atoms with Gasteiger partial charge >= 0.3 is 0 Å². The molecule has 1 heterocycles. The summed E-state index contributed by atoms with van der Waals surface area (Å²) in [5.41, 5.74) is 3.36. The molecular weight excluding hydrogens is 300 g/mol. The summed E-state index contributed by atoms with van der Waals surface area (Å²) in [6.07, 6.45) is -0.162. The molecule has 1 aliphatic heterocycles. The van der Waals surface area contributed by atoms with Gasteiger partial charge in [-0.3, -0.25) is 4.79 Å². The number of carbonyl (C=O) groups is 1. The SMILES string of the molecule is Cc1ccc(NC(=O)C2CC(c3ccccc3)=NO2)cc1Cl. The first-order chi connectivity index (χ1) is 10.6. The number of hydrogen-bond acceptors (Lipinski definition) is 3. The molecule has 1 atom stereocenters. The van der Waals surface area contributed by atoms with Crippen LogP contribution in [0.25, 0.3) is 0 Å². The first-order valence-electron chi connectivity index (χ1n) is 6.98. The van der Waals surface area contributed by atoms with E-state index >= 15 is 0 Å². The third kappa shape index (κ3) is 3.12. The zero-order valence-electron chi connectivity index (χ0n) is 12.0. The normalized spacial score (nSPS) is 16.8. The fraction of sp³-hybridized carbons (Fsp3) is 0.176. The zero-order valence-corrected chi connectivity index (χ0v) is 12.8. The second-order valence-corrected chi connectivity index (χ2v) is 5.56. The topological polar surface area (TPSA) is 50.7 Å². The van der Waals surface area contributed by atoms with E-state index in [2.05, 4.69) is 10.5 Å². The Morgan fingerprint density at radius 1 is 1.27 bits per heavy atom. The highest BCUT2D eigenvalue weighted by atomic mass is 35.5. The first-order valence-corrected chi connectivity index (χ1v) is 7.36. The van der Waals surface area contributed by atoms with Gasteiger partial charge in [-0.05, 0) is 30.2 Å². The number of aryl methyl sites for hydroxylation is 1. The van der Waals surface area contributed by atoms with Crippen LogP contribution in [0.5, 0.6) is 0 Å². The summed E-state index contributed by atoms with van der Waals surface area (Å²) in [5.74, 6) is -0.227. The quantitative estimate of drug-likeness (QED) is 0.937. The first kappa shape index (κ1) is 14.6. The molecular formula is C17H15ClN2O2. The van der Waals surface area contributed by atoms with Crippen LogP contribution in [-0.4, -0.2) is 17.7 Å². The highest BCUT2D eigenvalue weighted by Gasteiger charge is 2.28. The number of anilines is 1. The molecule has 0 saturated heterocycles. The average molecular weight is 315 g/mol. The summed E-state index contributed by atoms with van der Waals surface area (Å²) in [4.78, 5) is 17.5. The number of oxime groups is 1. The van der Waals surface area contributed by atoms with Gasteiger partial charge in [0.15, 0.2) is 0 Å². The van der Waals surface area contributed by atoms with Crippen molar-refractivity contribution in [1.29, 1.82) is 0 Å². The Morgan fingerprint density at radius 3 is 2.77 bits per heavy atom. The lowest BCUT2D eigenvalue weighted by molar-refractivity contribution is -0.125. The molecule has 0 spiro atoms. The maximum atomic E-state index is 12.2. The Hall–Kier alpha value is -2.33. The second-order valence-electron chi connectivity index (χ2n) is 5.16. The Balaban J connectivity index is 1.64. The van der Waals surface area contributed by atoms with E-state index in [0.717, 1.165) is 16.8 Å². The summed E-state index contributed by atoms with van der Waals surface area (Å²) in [6, 6.07) is 15.1. The number of halogens is 1. The van der Waals surface area contributed by atoms with E-state index in [9.17, 15) is 4.79 Å². The van der Waals surface area contributed by atoms with Crippen molar-refractivity contribution in [2.24, 2.45) is 5.16 Å². The molecule has 0 aromatic heterocycles. The van der Waals surface area contributed by atoms with Crippen LogP contribution in [0, 0.1) is 6.92 Å². The fourth-order valence-corrected chi connectivity index (χ4v) is 2.39. The predicted molar refractivity (Wildman–Crippen MR) is 87.3 cm³/mol. The molecule has 0 aliphatic carbocycles. The summed E-state index contributed by atoms with van der Waals surface area (Å²) in [6.45, 7) is 1.91. The minimum Gasteiger partial charge on any atom is -0.382 e. The van der Waals surface area contributed by atoms with Crippen LogP contribution in [0.3, 0.4) is 0 Å². The lowest BCUT2D eigenvalue weighted by Crippen LogP contribution is -2.28. The molecule has 2 aromatic rings. The Kier molecular flexibility index (Phi) is 4.11. The van der Waals surface area contributed by atoms with Gasteiger partial charge in [0.05, 0.1) is 5.71 Å². The highest BCUT2D eigenvalue weighted by Crippen LogP contribution is 2.22. The van der Waals surface area contributed by atoms with E-state index in [1.165, 1.54) is 0 Å². The molecule has 0 fully saturated rings. The van der Waals surface area contributed by atoms with Crippen LogP contribution in [0.1, 0.15) is 17.5 Å². The van der Waals surface area contributed by atoms with Crippen molar-refractivity contribution < 1.29 is 9.63 Å². The van der Waals surface area contributed by atoms with Crippen LogP contribution in [0.4, 0.5) is 5.69 Å². The molecule has 112 valence electrons. The number of rotatable bonds is 3. The van der Waals surface area contributed by atoms with Gasteiger partial charge in [0, 0.05) is 17.1 Å². The molecule has 1 aliphatic rings. The van der Waals surface area contributed by atoms with Crippen molar-refractivity contribution in [3.8, 4) is 0 Å². The van der Waals surface area contributed by atoms with Crippen LogP contribution in [0.15, 0.2) is 53.7 Å². The lowest BCUT2D eigenvalue weighted by atomic mass is 10.0. The summed E-state index contributed by atoms with van der Waals surface area (Å²) in [7, 11) is 0. The van der Waals surface area contributed by atoms with E-state index in [0.29, 0.717) is 17.1 Å². The Labute approximate surface area is 133 Å². The zero-order chi connectivity index (χ0) is 15.5. The van der Waals surface area contributed by atoms with Crippen molar-refractivity contribution in [2.75, 3.05) is 5.32 Å². The molecule has 0 radical (unpaired) electrons. The van der Waals surface area contributed by atoms with Gasteiger partial charge < -0.3 is 10.2 Å². The number of nitrogens with zero attached hydrogens (tertiary/aromatic N) is 1. The van der Waals surface area contributed by atoms with E-state index < -0.39 is 6.10 Å². The molecule has 4 nitrogen and oxygen atoms in total. The smallest absolute Gasteiger partial charge is 0.268 e. The maximum Gasteiger partial charge on any atom is 0.268 e. The van der Waals surface area contributed by atoms with Crippen LogP contribution in [-0.2, 0) is 9.63 Å².